The second-order valence-corrected chi connectivity index (χ2v) is 6.69. The molecule has 1 heterocycles. The van der Waals surface area contributed by atoms with Crippen molar-refractivity contribution in [3.63, 3.8) is 0 Å². The number of carbonyl (C=O) groups is 2. The SMILES string of the molecule is CCN[C@H](C)CNC(=O)C1CC(=O)N(c2ccc(SC)cc2)C1.Cl. The predicted octanol–water partition coefficient (Wildman–Crippen LogP) is 2.30. The fraction of sp³-hybridized carbons (Fsp3) is 0.529. The van der Waals surface area contributed by atoms with Crippen LogP contribution in [0.3, 0.4) is 0 Å². The van der Waals surface area contributed by atoms with E-state index in [1.54, 1.807) is 16.7 Å². The average Bonchev–Trinajstić information content (AvgIpc) is 2.95. The van der Waals surface area contributed by atoms with E-state index in [0.717, 1.165) is 17.1 Å². The summed E-state index contributed by atoms with van der Waals surface area (Å²) in [6.45, 7) is 5.98. The lowest BCUT2D eigenvalue weighted by molar-refractivity contribution is -0.126. The van der Waals surface area contributed by atoms with Gasteiger partial charge < -0.3 is 15.5 Å². The first-order valence-electron chi connectivity index (χ1n) is 8.00. The fourth-order valence-corrected chi connectivity index (χ4v) is 3.12. The molecule has 1 aliphatic heterocycles. The van der Waals surface area contributed by atoms with Crippen molar-refractivity contribution in [2.45, 2.75) is 31.2 Å². The van der Waals surface area contributed by atoms with Gasteiger partial charge in [0.2, 0.25) is 11.8 Å². The smallest absolute Gasteiger partial charge is 0.227 e. The maximum absolute atomic E-state index is 12.3. The van der Waals surface area contributed by atoms with E-state index < -0.39 is 0 Å². The summed E-state index contributed by atoms with van der Waals surface area (Å²) in [5.74, 6) is -0.287. The number of anilines is 1. The molecule has 1 fully saturated rings. The highest BCUT2D eigenvalue weighted by Crippen LogP contribution is 2.27. The van der Waals surface area contributed by atoms with E-state index in [2.05, 4.69) is 10.6 Å². The summed E-state index contributed by atoms with van der Waals surface area (Å²) in [6.07, 6.45) is 2.30. The maximum Gasteiger partial charge on any atom is 0.227 e. The molecule has 5 nitrogen and oxygen atoms in total. The Kier molecular flexibility index (Phi) is 8.59. The molecular weight excluding hydrogens is 346 g/mol. The van der Waals surface area contributed by atoms with Crippen LogP contribution in [0.5, 0.6) is 0 Å². The van der Waals surface area contributed by atoms with Gasteiger partial charge in [0, 0.05) is 36.1 Å². The monoisotopic (exact) mass is 371 g/mol. The normalized spacial score (nSPS) is 18.2. The van der Waals surface area contributed by atoms with Crippen molar-refractivity contribution in [2.75, 3.05) is 30.8 Å². The zero-order valence-electron chi connectivity index (χ0n) is 14.4. The van der Waals surface area contributed by atoms with Crippen molar-refractivity contribution < 1.29 is 9.59 Å². The average molecular weight is 372 g/mol. The number of carbonyl (C=O) groups excluding carboxylic acids is 2. The first kappa shape index (κ1) is 20.8. The molecule has 0 saturated carbocycles. The Morgan fingerprint density at radius 3 is 2.62 bits per heavy atom. The lowest BCUT2D eigenvalue weighted by atomic mass is 10.1. The van der Waals surface area contributed by atoms with Crippen molar-refractivity contribution in [3.8, 4) is 0 Å². The summed E-state index contributed by atoms with van der Waals surface area (Å²) in [4.78, 5) is 27.3. The summed E-state index contributed by atoms with van der Waals surface area (Å²) >= 11 is 1.67. The van der Waals surface area contributed by atoms with E-state index in [4.69, 9.17) is 0 Å². The number of hydrogen-bond donors (Lipinski definition) is 2. The lowest BCUT2D eigenvalue weighted by Crippen LogP contribution is -2.41. The maximum atomic E-state index is 12.3. The number of halogens is 1. The number of amides is 2. The van der Waals surface area contributed by atoms with Crippen molar-refractivity contribution in [2.24, 2.45) is 5.92 Å². The Hall–Kier alpha value is -1.24. The highest BCUT2D eigenvalue weighted by atomic mass is 35.5. The Morgan fingerprint density at radius 2 is 2.04 bits per heavy atom. The Morgan fingerprint density at radius 1 is 1.38 bits per heavy atom. The third-order valence-electron chi connectivity index (χ3n) is 4.01. The predicted molar refractivity (Wildman–Crippen MR) is 102 cm³/mol. The zero-order chi connectivity index (χ0) is 16.8. The van der Waals surface area contributed by atoms with Crippen LogP contribution in [0.2, 0.25) is 0 Å². The van der Waals surface area contributed by atoms with Crippen LogP contribution in [0.15, 0.2) is 29.2 Å². The van der Waals surface area contributed by atoms with Gasteiger partial charge in [0.25, 0.3) is 0 Å². The van der Waals surface area contributed by atoms with E-state index in [0.29, 0.717) is 13.1 Å². The molecule has 2 atom stereocenters. The van der Waals surface area contributed by atoms with Crippen LogP contribution in [0.1, 0.15) is 20.3 Å². The number of thioether (sulfide) groups is 1. The van der Waals surface area contributed by atoms with Gasteiger partial charge in [0.15, 0.2) is 0 Å². The Labute approximate surface area is 154 Å². The molecule has 2 amide bonds. The molecule has 2 rings (SSSR count). The zero-order valence-corrected chi connectivity index (χ0v) is 16.0. The van der Waals surface area contributed by atoms with E-state index in [1.165, 1.54) is 0 Å². The Bertz CT molecular complexity index is 553. The molecule has 1 saturated heterocycles. The Balaban J connectivity index is 0.00000288. The molecule has 0 bridgehead atoms. The summed E-state index contributed by atoms with van der Waals surface area (Å²) in [5.41, 5.74) is 0.865. The number of benzene rings is 1. The minimum Gasteiger partial charge on any atom is -0.354 e. The second kappa shape index (κ2) is 9.91. The van der Waals surface area contributed by atoms with Gasteiger partial charge >= 0.3 is 0 Å². The first-order valence-corrected chi connectivity index (χ1v) is 9.23. The molecule has 2 N–H and O–H groups in total. The minimum atomic E-state index is -0.267. The molecule has 0 spiro atoms. The number of hydrogen-bond acceptors (Lipinski definition) is 4. The molecule has 134 valence electrons. The van der Waals surface area contributed by atoms with E-state index in [1.807, 2.05) is 44.4 Å². The van der Waals surface area contributed by atoms with Crippen molar-refractivity contribution >= 4 is 41.7 Å². The molecule has 0 aromatic heterocycles. The largest absolute Gasteiger partial charge is 0.354 e. The molecule has 1 aromatic carbocycles. The van der Waals surface area contributed by atoms with Gasteiger partial charge in [-0.1, -0.05) is 6.92 Å². The van der Waals surface area contributed by atoms with Crippen molar-refractivity contribution in [3.05, 3.63) is 24.3 Å². The number of nitrogens with zero attached hydrogens (tertiary/aromatic N) is 1. The van der Waals surface area contributed by atoms with E-state index >= 15 is 0 Å². The van der Waals surface area contributed by atoms with Crippen LogP contribution < -0.4 is 15.5 Å². The lowest BCUT2D eigenvalue weighted by Gasteiger charge is -2.18. The highest BCUT2D eigenvalue weighted by Gasteiger charge is 2.35. The second-order valence-electron chi connectivity index (χ2n) is 5.81. The van der Waals surface area contributed by atoms with Gasteiger partial charge in [-0.15, -0.1) is 24.2 Å². The molecule has 0 aliphatic carbocycles. The summed E-state index contributed by atoms with van der Waals surface area (Å²) in [6, 6.07) is 8.11. The van der Waals surface area contributed by atoms with Gasteiger partial charge in [0.05, 0.1) is 5.92 Å². The molecule has 7 heteroatoms. The van der Waals surface area contributed by atoms with Gasteiger partial charge in [0.1, 0.15) is 0 Å². The third-order valence-corrected chi connectivity index (χ3v) is 4.76. The van der Waals surface area contributed by atoms with Crippen molar-refractivity contribution in [1.82, 2.24) is 10.6 Å². The van der Waals surface area contributed by atoms with Crippen molar-refractivity contribution in [1.29, 1.82) is 0 Å². The van der Waals surface area contributed by atoms with Gasteiger partial charge in [-0.2, -0.15) is 0 Å². The van der Waals surface area contributed by atoms with E-state index in [-0.39, 0.29) is 42.6 Å². The van der Waals surface area contributed by atoms with Crippen LogP contribution in [-0.4, -0.2) is 43.7 Å². The van der Waals surface area contributed by atoms with Crippen LogP contribution >= 0.6 is 24.2 Å². The van der Waals surface area contributed by atoms with Crippen LogP contribution in [-0.2, 0) is 9.59 Å². The van der Waals surface area contributed by atoms with Crippen LogP contribution in [0.4, 0.5) is 5.69 Å². The standard InChI is InChI=1S/C17H25N3O2S.ClH/c1-4-18-12(2)10-19-17(22)13-9-16(21)20(11-13)14-5-7-15(23-3)8-6-14;/h5-8,12-13,18H,4,9-11H2,1-3H3,(H,19,22);1H/t12-,13?;/m1./s1. The fourth-order valence-electron chi connectivity index (χ4n) is 2.71. The molecule has 24 heavy (non-hydrogen) atoms. The van der Waals surface area contributed by atoms with Crippen LogP contribution in [0.25, 0.3) is 0 Å². The topological polar surface area (TPSA) is 61.4 Å². The molecule has 1 aromatic rings. The number of rotatable bonds is 7. The molecule has 1 unspecified atom stereocenters. The molecule has 0 radical (unpaired) electrons. The summed E-state index contributed by atoms with van der Waals surface area (Å²) < 4.78 is 0. The van der Waals surface area contributed by atoms with Gasteiger partial charge in [-0.3, -0.25) is 9.59 Å². The van der Waals surface area contributed by atoms with Gasteiger partial charge in [-0.25, -0.2) is 0 Å². The number of likely N-dealkylation sites (N-methyl/N-ethyl adjacent to an activating group) is 1. The quantitative estimate of drug-likeness (QED) is 0.722. The first-order chi connectivity index (χ1) is 11.0. The minimum absolute atomic E-state index is 0. The van der Waals surface area contributed by atoms with Gasteiger partial charge in [-0.05, 0) is 44.0 Å². The van der Waals surface area contributed by atoms with Crippen LogP contribution in [0, 0.1) is 5.92 Å². The van der Waals surface area contributed by atoms with E-state index in [9.17, 15) is 9.59 Å². The molecule has 1 aliphatic rings. The molecular formula is C17H26ClN3O2S. The summed E-state index contributed by atoms with van der Waals surface area (Å²) in [5, 5.41) is 6.19. The number of nitrogens with one attached hydrogen (secondary N) is 2. The highest BCUT2D eigenvalue weighted by molar-refractivity contribution is 7.98. The summed E-state index contributed by atoms with van der Waals surface area (Å²) in [7, 11) is 0. The third kappa shape index (κ3) is 5.40.